The third-order valence-electron chi connectivity index (χ3n) is 7.33. The lowest BCUT2D eigenvalue weighted by Gasteiger charge is -2.33. The molecule has 2 aromatic carbocycles. The van der Waals surface area contributed by atoms with Crippen LogP contribution in [0.1, 0.15) is 55.8 Å². The van der Waals surface area contributed by atoms with E-state index in [0.29, 0.717) is 24.2 Å². The largest absolute Gasteiger partial charge is 0.480 e. The minimum atomic E-state index is -1.18. The van der Waals surface area contributed by atoms with E-state index in [1.165, 1.54) is 0 Å². The highest BCUT2D eigenvalue weighted by atomic mass is 16.7. The maximum Gasteiger partial charge on any atom is 0.429 e. The number of carbonyl (C=O) groups is 4. The second-order valence-electron chi connectivity index (χ2n) is 10.0. The molecule has 1 saturated carbocycles. The van der Waals surface area contributed by atoms with Gasteiger partial charge in [-0.05, 0) is 23.5 Å². The average Bonchev–Trinajstić information content (AvgIpc) is 3.64. The Morgan fingerprint density at radius 3 is 2.31 bits per heavy atom. The molecule has 2 N–H and O–H groups in total. The Bertz CT molecular complexity index is 1110. The van der Waals surface area contributed by atoms with Crippen LogP contribution in [0.2, 0.25) is 0 Å². The number of carboxylic acids is 1. The van der Waals surface area contributed by atoms with E-state index >= 15 is 0 Å². The molecule has 2 aromatic rings. The van der Waals surface area contributed by atoms with Gasteiger partial charge in [0.1, 0.15) is 6.61 Å². The van der Waals surface area contributed by atoms with Crippen molar-refractivity contribution in [3.63, 3.8) is 0 Å². The van der Waals surface area contributed by atoms with Crippen LogP contribution < -0.4 is 5.48 Å². The van der Waals surface area contributed by atoms with Gasteiger partial charge in [0.25, 0.3) is 0 Å². The maximum atomic E-state index is 13.9. The molecule has 1 aliphatic carbocycles. The van der Waals surface area contributed by atoms with Crippen molar-refractivity contribution in [2.24, 2.45) is 11.8 Å². The van der Waals surface area contributed by atoms with Gasteiger partial charge >= 0.3 is 12.1 Å². The average molecular weight is 538 g/mol. The number of hydrazine groups is 1. The highest BCUT2D eigenvalue weighted by Gasteiger charge is 2.45. The number of nitrogens with zero attached hydrogens (tertiary/aromatic N) is 2. The van der Waals surface area contributed by atoms with Gasteiger partial charge in [-0.1, -0.05) is 86.3 Å². The zero-order valence-corrected chi connectivity index (χ0v) is 21.8. The van der Waals surface area contributed by atoms with Crippen LogP contribution in [0, 0.1) is 11.8 Å². The number of rotatable bonds is 12. The fourth-order valence-electron chi connectivity index (χ4n) is 5.28. The number of hydrogen-bond donors (Lipinski definition) is 2. The molecule has 1 saturated heterocycles. The lowest BCUT2D eigenvalue weighted by Crippen LogP contribution is -2.54. The molecule has 10 nitrogen and oxygen atoms in total. The Hall–Kier alpha value is -3.76. The van der Waals surface area contributed by atoms with Gasteiger partial charge in [0.15, 0.2) is 18.4 Å². The number of aliphatic carboxylic acids is 1. The fourth-order valence-corrected chi connectivity index (χ4v) is 5.28. The van der Waals surface area contributed by atoms with Crippen molar-refractivity contribution < 1.29 is 33.9 Å². The van der Waals surface area contributed by atoms with Crippen molar-refractivity contribution in [1.29, 1.82) is 0 Å². The number of carbonyl (C=O) groups excluding carboxylic acids is 3. The van der Waals surface area contributed by atoms with Gasteiger partial charge in [0.05, 0.1) is 5.92 Å². The number of carboxylic acid groups (broad SMARTS) is 1. The van der Waals surface area contributed by atoms with Crippen molar-refractivity contribution in [2.45, 2.75) is 57.3 Å². The first-order chi connectivity index (χ1) is 19.0. The van der Waals surface area contributed by atoms with Crippen molar-refractivity contribution >= 4 is 24.3 Å². The summed E-state index contributed by atoms with van der Waals surface area (Å²) in [5.74, 6) is -2.03. The van der Waals surface area contributed by atoms with E-state index in [4.69, 9.17) is 9.57 Å². The first-order valence-corrected chi connectivity index (χ1v) is 13.4. The molecule has 0 aromatic heterocycles. The molecule has 1 aliphatic heterocycles. The molecular weight excluding hydrogens is 502 g/mol. The standard InChI is InChI=1S/C29H35N3O7/c33-19-26(23-13-5-2-6-14-23)39-30-18-24(17-21-9-7-8-10-21)27(34)32-25(28(35)36)15-16-31(32)29(37)38-20-22-11-3-1-4-12-22/h1-6,11-14,19,21,24-26,30H,7-10,15-18,20H2,(H,35,36)/t24-,25+,26?/m1/s1. The molecule has 2 fully saturated rings. The molecular formula is C29H35N3O7. The number of benzene rings is 2. The monoisotopic (exact) mass is 537 g/mol. The Morgan fingerprint density at radius 2 is 1.67 bits per heavy atom. The molecule has 208 valence electrons. The van der Waals surface area contributed by atoms with Crippen molar-refractivity contribution in [1.82, 2.24) is 15.5 Å². The fraction of sp³-hybridized carbons (Fsp3) is 0.448. The highest BCUT2D eigenvalue weighted by Crippen LogP contribution is 2.32. The van der Waals surface area contributed by atoms with Gasteiger partial charge in [-0.25, -0.2) is 25.1 Å². The summed E-state index contributed by atoms with van der Waals surface area (Å²) in [4.78, 5) is 56.2. The Morgan fingerprint density at radius 1 is 1.00 bits per heavy atom. The second-order valence-corrected chi connectivity index (χ2v) is 10.0. The van der Waals surface area contributed by atoms with Crippen LogP contribution in [0.5, 0.6) is 0 Å². The molecule has 39 heavy (non-hydrogen) atoms. The maximum absolute atomic E-state index is 13.9. The SMILES string of the molecule is O=CC(ONC[C@@H](CC1CCCC1)C(=O)N1[C@H](C(=O)O)CCN1C(=O)OCc1ccccc1)c1ccccc1. The zero-order valence-electron chi connectivity index (χ0n) is 21.8. The van der Waals surface area contributed by atoms with Gasteiger partial charge < -0.3 is 9.84 Å². The molecule has 0 spiro atoms. The summed E-state index contributed by atoms with van der Waals surface area (Å²) in [5, 5.41) is 12.0. The summed E-state index contributed by atoms with van der Waals surface area (Å²) >= 11 is 0. The Labute approximate surface area is 227 Å². The van der Waals surface area contributed by atoms with Crippen LogP contribution in [0.4, 0.5) is 4.79 Å². The van der Waals surface area contributed by atoms with E-state index in [0.717, 1.165) is 41.3 Å². The van der Waals surface area contributed by atoms with E-state index in [-0.39, 0.29) is 26.1 Å². The number of hydroxylamine groups is 1. The van der Waals surface area contributed by atoms with Gasteiger partial charge in [0, 0.05) is 19.5 Å². The molecule has 2 amide bonds. The summed E-state index contributed by atoms with van der Waals surface area (Å²) in [6, 6.07) is 16.9. The highest BCUT2D eigenvalue weighted by molar-refractivity contribution is 5.87. The Kier molecular flexibility index (Phi) is 10.0. The third kappa shape index (κ3) is 7.42. The molecule has 3 atom stereocenters. The summed E-state index contributed by atoms with van der Waals surface area (Å²) < 4.78 is 5.43. The van der Waals surface area contributed by atoms with Gasteiger partial charge in [0.2, 0.25) is 5.91 Å². The van der Waals surface area contributed by atoms with Crippen LogP contribution in [0.15, 0.2) is 60.7 Å². The Balaban J connectivity index is 1.47. The van der Waals surface area contributed by atoms with Gasteiger partial charge in [-0.3, -0.25) is 14.4 Å². The lowest BCUT2D eigenvalue weighted by molar-refractivity contribution is -0.162. The van der Waals surface area contributed by atoms with E-state index in [2.05, 4.69) is 5.48 Å². The molecule has 0 bridgehead atoms. The summed E-state index contributed by atoms with van der Waals surface area (Å²) in [5.41, 5.74) is 4.23. The minimum Gasteiger partial charge on any atom is -0.480 e. The predicted octanol–water partition coefficient (Wildman–Crippen LogP) is 3.88. The molecule has 10 heteroatoms. The summed E-state index contributed by atoms with van der Waals surface area (Å²) in [7, 11) is 0. The lowest BCUT2D eigenvalue weighted by atomic mass is 9.92. The minimum absolute atomic E-state index is 0.00338. The second kappa shape index (κ2) is 13.9. The van der Waals surface area contributed by atoms with Crippen LogP contribution in [-0.4, -0.2) is 58.5 Å². The van der Waals surface area contributed by atoms with E-state index in [1.54, 1.807) is 24.3 Å². The molecule has 4 rings (SSSR count). The number of amides is 2. The van der Waals surface area contributed by atoms with Crippen molar-refractivity contribution in [3.8, 4) is 0 Å². The predicted molar refractivity (Wildman–Crippen MR) is 141 cm³/mol. The smallest absolute Gasteiger partial charge is 0.429 e. The number of hydrogen-bond acceptors (Lipinski definition) is 7. The van der Waals surface area contributed by atoms with Crippen LogP contribution >= 0.6 is 0 Å². The van der Waals surface area contributed by atoms with Gasteiger partial charge in [-0.2, -0.15) is 0 Å². The molecule has 1 unspecified atom stereocenters. The van der Waals surface area contributed by atoms with E-state index in [1.807, 2.05) is 36.4 Å². The number of ether oxygens (including phenoxy) is 1. The van der Waals surface area contributed by atoms with E-state index < -0.39 is 36.0 Å². The third-order valence-corrected chi connectivity index (χ3v) is 7.33. The summed E-state index contributed by atoms with van der Waals surface area (Å²) in [6.45, 7) is 0.114. The molecule has 0 radical (unpaired) electrons. The van der Waals surface area contributed by atoms with Crippen LogP contribution in [-0.2, 0) is 30.6 Å². The number of aldehydes is 1. The first-order valence-electron chi connectivity index (χ1n) is 13.4. The number of nitrogens with one attached hydrogen (secondary N) is 1. The van der Waals surface area contributed by atoms with Crippen molar-refractivity contribution in [3.05, 3.63) is 71.8 Å². The normalized spacial score (nSPS) is 19.0. The quantitative estimate of drug-likeness (QED) is 0.309. The van der Waals surface area contributed by atoms with E-state index in [9.17, 15) is 24.3 Å². The topological polar surface area (TPSA) is 125 Å². The summed E-state index contributed by atoms with van der Waals surface area (Å²) in [6.07, 6.45) is 3.77. The van der Waals surface area contributed by atoms with Gasteiger partial charge in [-0.15, -0.1) is 0 Å². The molecule has 1 heterocycles. The molecule has 2 aliphatic rings. The van der Waals surface area contributed by atoms with Crippen molar-refractivity contribution in [2.75, 3.05) is 13.1 Å². The first kappa shape index (κ1) is 28.3. The zero-order chi connectivity index (χ0) is 27.6. The van der Waals surface area contributed by atoms with Crippen LogP contribution in [0.3, 0.4) is 0 Å². The van der Waals surface area contributed by atoms with Crippen LogP contribution in [0.25, 0.3) is 0 Å².